The lowest BCUT2D eigenvalue weighted by molar-refractivity contribution is -0.150. The zero-order valence-electron chi connectivity index (χ0n) is 15.1. The third-order valence-corrected chi connectivity index (χ3v) is 5.03. The lowest BCUT2D eigenvalue weighted by Gasteiger charge is -2.26. The van der Waals surface area contributed by atoms with Crippen LogP contribution in [0.2, 0.25) is 10.0 Å². The van der Waals surface area contributed by atoms with E-state index in [2.05, 4.69) is 4.98 Å². The number of imidazole rings is 1. The van der Waals surface area contributed by atoms with Gasteiger partial charge in [-0.1, -0.05) is 59.1 Å². The van der Waals surface area contributed by atoms with Crippen LogP contribution >= 0.6 is 23.2 Å². The lowest BCUT2D eigenvalue weighted by Crippen LogP contribution is -2.21. The summed E-state index contributed by atoms with van der Waals surface area (Å²) >= 11 is 12.1. The van der Waals surface area contributed by atoms with Gasteiger partial charge in [0.2, 0.25) is 0 Å². The highest BCUT2D eigenvalue weighted by molar-refractivity contribution is 6.35. The Kier molecular flexibility index (Phi) is 6.19. The smallest absolute Gasteiger partial charge is 0.311 e. The van der Waals surface area contributed by atoms with Crippen LogP contribution in [0.25, 0.3) is 0 Å². The molecule has 0 N–H and O–H groups in total. The van der Waals surface area contributed by atoms with Crippen molar-refractivity contribution in [3.8, 4) is 0 Å². The fourth-order valence-corrected chi connectivity index (χ4v) is 3.35. The molecule has 1 aromatic heterocycles. The number of esters is 1. The van der Waals surface area contributed by atoms with E-state index in [0.29, 0.717) is 15.6 Å². The van der Waals surface area contributed by atoms with Gasteiger partial charge >= 0.3 is 5.97 Å². The zero-order chi connectivity index (χ0) is 19.4. The largest absolute Gasteiger partial charge is 0.455 e. The van der Waals surface area contributed by atoms with Crippen LogP contribution in [0.3, 0.4) is 0 Å². The predicted octanol–water partition coefficient (Wildman–Crippen LogP) is 5.59. The molecule has 0 amide bonds. The standard InChI is InChI=1S/C21H20Cl2N2O2/c1-14-3-5-16(6-4-14)21(15(2)25-10-9-24-13-25)27-20(26)11-17-7-8-18(22)12-19(17)23/h3-10,12-13,15,21H,11H2,1-2H3. The number of nitrogens with zero attached hydrogens (tertiary/aromatic N) is 2. The second-order valence-corrected chi connectivity index (χ2v) is 7.33. The van der Waals surface area contributed by atoms with E-state index < -0.39 is 6.10 Å². The van der Waals surface area contributed by atoms with E-state index in [-0.39, 0.29) is 18.4 Å². The van der Waals surface area contributed by atoms with Crippen molar-refractivity contribution in [1.82, 2.24) is 9.55 Å². The molecule has 2 unspecified atom stereocenters. The van der Waals surface area contributed by atoms with Crippen LogP contribution in [0.4, 0.5) is 0 Å². The van der Waals surface area contributed by atoms with Crippen LogP contribution in [0.1, 0.15) is 35.8 Å². The average molecular weight is 403 g/mol. The van der Waals surface area contributed by atoms with E-state index >= 15 is 0 Å². The average Bonchev–Trinajstić information content (AvgIpc) is 3.17. The third kappa shape index (κ3) is 4.90. The number of rotatable bonds is 6. The first-order valence-electron chi connectivity index (χ1n) is 8.61. The number of aromatic nitrogens is 2. The fourth-order valence-electron chi connectivity index (χ4n) is 2.87. The molecule has 4 nitrogen and oxygen atoms in total. The molecular formula is C21H20Cl2N2O2. The summed E-state index contributed by atoms with van der Waals surface area (Å²) in [6, 6.07) is 12.9. The van der Waals surface area contributed by atoms with Crippen molar-refractivity contribution < 1.29 is 9.53 Å². The second-order valence-electron chi connectivity index (χ2n) is 6.48. The molecule has 0 radical (unpaired) electrons. The summed E-state index contributed by atoms with van der Waals surface area (Å²) < 4.78 is 7.80. The Hall–Kier alpha value is -2.30. The summed E-state index contributed by atoms with van der Waals surface area (Å²) in [6.45, 7) is 4.02. The molecular weight excluding hydrogens is 383 g/mol. The van der Waals surface area contributed by atoms with Crippen molar-refractivity contribution in [2.45, 2.75) is 32.4 Å². The number of hydrogen-bond donors (Lipinski definition) is 0. The number of carbonyl (C=O) groups is 1. The molecule has 0 fully saturated rings. The summed E-state index contributed by atoms with van der Waals surface area (Å²) in [5.74, 6) is -0.350. The summed E-state index contributed by atoms with van der Waals surface area (Å²) in [5.41, 5.74) is 2.76. The van der Waals surface area contributed by atoms with Gasteiger partial charge < -0.3 is 9.30 Å². The van der Waals surface area contributed by atoms with Crippen molar-refractivity contribution in [2.24, 2.45) is 0 Å². The molecule has 0 saturated heterocycles. The zero-order valence-corrected chi connectivity index (χ0v) is 16.6. The Bertz CT molecular complexity index is 908. The van der Waals surface area contributed by atoms with Crippen LogP contribution in [-0.2, 0) is 16.0 Å². The van der Waals surface area contributed by atoms with E-state index in [0.717, 1.165) is 11.1 Å². The van der Waals surface area contributed by atoms with Crippen molar-refractivity contribution in [3.05, 3.63) is 87.9 Å². The van der Waals surface area contributed by atoms with Crippen LogP contribution in [-0.4, -0.2) is 15.5 Å². The summed E-state index contributed by atoms with van der Waals surface area (Å²) in [7, 11) is 0. The minimum absolute atomic E-state index is 0.0784. The van der Waals surface area contributed by atoms with Crippen molar-refractivity contribution in [2.75, 3.05) is 0 Å². The maximum absolute atomic E-state index is 12.6. The Labute approximate surface area is 168 Å². The normalized spacial score (nSPS) is 13.2. The molecule has 0 aliphatic heterocycles. The van der Waals surface area contributed by atoms with E-state index in [9.17, 15) is 4.79 Å². The molecule has 6 heteroatoms. The SMILES string of the molecule is Cc1ccc(C(OC(=O)Cc2ccc(Cl)cc2Cl)C(C)n2ccnc2)cc1. The van der Waals surface area contributed by atoms with E-state index in [1.54, 1.807) is 30.7 Å². The quantitative estimate of drug-likeness (QED) is 0.504. The highest BCUT2D eigenvalue weighted by Crippen LogP contribution is 2.31. The van der Waals surface area contributed by atoms with Gasteiger partial charge in [-0.2, -0.15) is 0 Å². The van der Waals surface area contributed by atoms with Crippen LogP contribution in [0, 0.1) is 6.92 Å². The van der Waals surface area contributed by atoms with E-state index in [4.69, 9.17) is 27.9 Å². The molecule has 3 rings (SSSR count). The molecule has 3 aromatic rings. The monoisotopic (exact) mass is 402 g/mol. The number of ether oxygens (including phenoxy) is 1. The van der Waals surface area contributed by atoms with Crippen molar-refractivity contribution in [3.63, 3.8) is 0 Å². The molecule has 0 aliphatic carbocycles. The maximum Gasteiger partial charge on any atom is 0.311 e. The Morgan fingerprint density at radius 2 is 1.93 bits per heavy atom. The molecule has 0 saturated carbocycles. The molecule has 0 aliphatic rings. The van der Waals surface area contributed by atoms with Gasteiger partial charge in [0.05, 0.1) is 18.8 Å². The molecule has 27 heavy (non-hydrogen) atoms. The van der Waals surface area contributed by atoms with Gasteiger partial charge in [-0.15, -0.1) is 0 Å². The number of benzene rings is 2. The van der Waals surface area contributed by atoms with Gasteiger partial charge in [0.1, 0.15) is 6.10 Å². The second kappa shape index (κ2) is 8.59. The maximum atomic E-state index is 12.6. The lowest BCUT2D eigenvalue weighted by atomic mass is 10.0. The molecule has 1 heterocycles. The van der Waals surface area contributed by atoms with Gasteiger partial charge in [-0.3, -0.25) is 4.79 Å². The highest BCUT2D eigenvalue weighted by Gasteiger charge is 2.25. The minimum atomic E-state index is -0.446. The molecule has 140 valence electrons. The number of carbonyl (C=O) groups excluding carboxylic acids is 1. The van der Waals surface area contributed by atoms with Gasteiger partial charge in [-0.25, -0.2) is 4.98 Å². The molecule has 0 spiro atoms. The van der Waals surface area contributed by atoms with Crippen LogP contribution < -0.4 is 0 Å². The van der Waals surface area contributed by atoms with Gasteiger partial charge in [-0.05, 0) is 37.1 Å². The first-order chi connectivity index (χ1) is 12.9. The molecule has 0 bridgehead atoms. The first-order valence-corrected chi connectivity index (χ1v) is 9.37. The Balaban J connectivity index is 1.82. The van der Waals surface area contributed by atoms with Gasteiger partial charge in [0.15, 0.2) is 0 Å². The molecule has 2 aromatic carbocycles. The summed E-state index contributed by atoms with van der Waals surface area (Å²) in [6.07, 6.45) is 4.91. The van der Waals surface area contributed by atoms with E-state index in [1.165, 1.54) is 0 Å². The Morgan fingerprint density at radius 1 is 1.19 bits per heavy atom. The topological polar surface area (TPSA) is 44.1 Å². The van der Waals surface area contributed by atoms with Gasteiger partial charge in [0.25, 0.3) is 0 Å². The number of halogens is 2. The first kappa shape index (κ1) is 19.5. The summed E-state index contributed by atoms with van der Waals surface area (Å²) in [5, 5.41) is 0.984. The predicted molar refractivity (Wildman–Crippen MR) is 107 cm³/mol. The van der Waals surface area contributed by atoms with E-state index in [1.807, 2.05) is 48.9 Å². The number of aryl methyl sites for hydroxylation is 1. The highest BCUT2D eigenvalue weighted by atomic mass is 35.5. The Morgan fingerprint density at radius 3 is 2.56 bits per heavy atom. The molecule has 2 atom stereocenters. The number of hydrogen-bond acceptors (Lipinski definition) is 3. The van der Waals surface area contributed by atoms with Crippen LogP contribution in [0.5, 0.6) is 0 Å². The summed E-state index contributed by atoms with van der Waals surface area (Å²) in [4.78, 5) is 16.7. The minimum Gasteiger partial charge on any atom is -0.455 e. The third-order valence-electron chi connectivity index (χ3n) is 4.45. The van der Waals surface area contributed by atoms with Gasteiger partial charge in [0, 0.05) is 22.4 Å². The van der Waals surface area contributed by atoms with Crippen molar-refractivity contribution >= 4 is 29.2 Å². The fraction of sp³-hybridized carbons (Fsp3) is 0.238. The van der Waals surface area contributed by atoms with Crippen molar-refractivity contribution in [1.29, 1.82) is 0 Å². The van der Waals surface area contributed by atoms with Crippen LogP contribution in [0.15, 0.2) is 61.2 Å².